The number of thiol groups is 1. The number of carbonyl (C=O) groups is 1. The SMILES string of the molecule is CC(=O)C1=CC=C[SH]1C(F)(F)F. The molecule has 0 aliphatic carbocycles. The van der Waals surface area contributed by atoms with E-state index >= 15 is 0 Å². The van der Waals surface area contributed by atoms with Crippen molar-refractivity contribution in [2.45, 2.75) is 12.4 Å². The number of carbonyl (C=O) groups excluding carboxylic acids is 1. The molecule has 0 aromatic rings. The molecule has 0 spiro atoms. The first kappa shape index (κ1) is 9.38. The van der Waals surface area contributed by atoms with E-state index in [0.717, 1.165) is 12.3 Å². The Kier molecular flexibility index (Phi) is 2.32. The van der Waals surface area contributed by atoms with Crippen molar-refractivity contribution in [2.24, 2.45) is 0 Å². The van der Waals surface area contributed by atoms with Crippen LogP contribution in [0.25, 0.3) is 0 Å². The molecule has 1 unspecified atom stereocenters. The summed E-state index contributed by atoms with van der Waals surface area (Å²) in [4.78, 5) is 10.6. The van der Waals surface area contributed by atoms with Crippen molar-refractivity contribution in [3.05, 3.63) is 22.5 Å². The normalized spacial score (nSPS) is 25.7. The number of allylic oxidation sites excluding steroid dienone is 3. The zero-order chi connectivity index (χ0) is 9.35. The molecule has 1 nitrogen and oxygen atoms in total. The van der Waals surface area contributed by atoms with Crippen LogP contribution in [0.4, 0.5) is 13.2 Å². The van der Waals surface area contributed by atoms with E-state index in [1.54, 1.807) is 0 Å². The van der Waals surface area contributed by atoms with Crippen LogP contribution in [0.5, 0.6) is 0 Å². The van der Waals surface area contributed by atoms with Crippen molar-refractivity contribution < 1.29 is 18.0 Å². The summed E-state index contributed by atoms with van der Waals surface area (Å²) in [5.41, 5.74) is -4.28. The Morgan fingerprint density at radius 1 is 1.50 bits per heavy atom. The molecule has 0 aromatic carbocycles. The highest BCUT2D eigenvalue weighted by atomic mass is 32.2. The second kappa shape index (κ2) is 2.97. The van der Waals surface area contributed by atoms with Crippen molar-refractivity contribution >= 4 is 16.7 Å². The number of halogens is 3. The van der Waals surface area contributed by atoms with Gasteiger partial charge in [0.1, 0.15) is 0 Å². The van der Waals surface area contributed by atoms with Crippen molar-refractivity contribution in [1.29, 1.82) is 0 Å². The highest BCUT2D eigenvalue weighted by molar-refractivity contribution is 8.24. The van der Waals surface area contributed by atoms with Gasteiger partial charge < -0.3 is 0 Å². The van der Waals surface area contributed by atoms with Gasteiger partial charge in [0.2, 0.25) is 0 Å². The Labute approximate surface area is 70.3 Å². The molecular weight excluding hydrogens is 189 g/mol. The lowest BCUT2D eigenvalue weighted by molar-refractivity contribution is -0.113. The summed E-state index contributed by atoms with van der Waals surface area (Å²) in [6, 6.07) is 0. The van der Waals surface area contributed by atoms with E-state index in [1.807, 2.05) is 0 Å². The van der Waals surface area contributed by atoms with Crippen molar-refractivity contribution in [1.82, 2.24) is 0 Å². The number of hydrogen-bond donors (Lipinski definition) is 1. The van der Waals surface area contributed by atoms with Crippen molar-refractivity contribution in [2.75, 3.05) is 0 Å². The van der Waals surface area contributed by atoms with Crippen LogP contribution in [0.15, 0.2) is 22.5 Å². The monoisotopic (exact) mass is 196 g/mol. The summed E-state index contributed by atoms with van der Waals surface area (Å²) in [7, 11) is -2.36. The minimum Gasteiger partial charge on any atom is -0.294 e. The van der Waals surface area contributed by atoms with Crippen molar-refractivity contribution in [3.8, 4) is 0 Å². The first-order valence-corrected chi connectivity index (χ1v) is 4.59. The smallest absolute Gasteiger partial charge is 0.294 e. The van der Waals surface area contributed by atoms with Gasteiger partial charge in [0.05, 0.1) is 0 Å². The lowest BCUT2D eigenvalue weighted by atomic mass is 10.4. The number of Topliss-reactive ketones (excluding diaryl/α,β-unsaturated/α-hetero) is 1. The van der Waals surface area contributed by atoms with Crippen LogP contribution in [0.2, 0.25) is 0 Å². The highest BCUT2D eigenvalue weighted by Gasteiger charge is 2.39. The fourth-order valence-electron chi connectivity index (χ4n) is 0.889. The summed E-state index contributed by atoms with van der Waals surface area (Å²) in [6.07, 6.45) is 2.53. The van der Waals surface area contributed by atoms with E-state index in [-0.39, 0.29) is 4.91 Å². The second-order valence-electron chi connectivity index (χ2n) is 2.29. The summed E-state index contributed by atoms with van der Waals surface area (Å²) in [5, 5.41) is 1.05. The summed E-state index contributed by atoms with van der Waals surface area (Å²) in [5.74, 6) is -0.497. The standard InChI is InChI=1S/C7H7F3OS/c1-5(11)6-3-2-4-12(6)7(8,9)10/h2-4,12H,1H3. The molecule has 1 atom stereocenters. The molecule has 1 rings (SSSR count). The van der Waals surface area contributed by atoms with Crippen LogP contribution >= 0.6 is 10.9 Å². The molecule has 0 radical (unpaired) electrons. The van der Waals surface area contributed by atoms with E-state index < -0.39 is 22.2 Å². The summed E-state index contributed by atoms with van der Waals surface area (Å²) >= 11 is 0. The van der Waals surface area contributed by atoms with Gasteiger partial charge in [0, 0.05) is 4.91 Å². The maximum absolute atomic E-state index is 12.2. The molecule has 0 N–H and O–H groups in total. The Hall–Kier alpha value is -0.710. The van der Waals surface area contributed by atoms with Crippen LogP contribution < -0.4 is 0 Å². The van der Waals surface area contributed by atoms with E-state index in [0.29, 0.717) is 0 Å². The fraction of sp³-hybridized carbons (Fsp3) is 0.286. The molecule has 0 fully saturated rings. The average Bonchev–Trinajstić information content (AvgIpc) is 2.30. The minimum absolute atomic E-state index is 0.113. The van der Waals surface area contributed by atoms with Gasteiger partial charge >= 0.3 is 5.51 Å². The van der Waals surface area contributed by atoms with Crippen LogP contribution in [0, 0.1) is 0 Å². The Morgan fingerprint density at radius 3 is 2.42 bits per heavy atom. The van der Waals surface area contributed by atoms with Crippen LogP contribution in [0.1, 0.15) is 6.92 Å². The maximum atomic E-state index is 12.2. The third-order valence-corrected chi connectivity index (χ3v) is 3.38. The second-order valence-corrected chi connectivity index (χ2v) is 4.31. The summed E-state index contributed by atoms with van der Waals surface area (Å²) in [6.45, 7) is 1.15. The molecule has 0 saturated heterocycles. The third-order valence-electron chi connectivity index (χ3n) is 1.38. The Balaban J connectivity index is 2.88. The molecule has 1 heterocycles. The number of alkyl halides is 3. The van der Waals surface area contributed by atoms with E-state index in [2.05, 4.69) is 0 Å². The van der Waals surface area contributed by atoms with Gasteiger partial charge in [-0.15, -0.1) is 10.9 Å². The van der Waals surface area contributed by atoms with Crippen LogP contribution in [-0.2, 0) is 4.79 Å². The van der Waals surface area contributed by atoms with Crippen LogP contribution in [0.3, 0.4) is 0 Å². The molecule has 0 amide bonds. The van der Waals surface area contributed by atoms with Gasteiger partial charge in [-0.25, -0.2) is 0 Å². The average molecular weight is 196 g/mol. The lowest BCUT2D eigenvalue weighted by Gasteiger charge is -2.18. The molecule has 0 aromatic heterocycles. The molecule has 0 bridgehead atoms. The molecule has 68 valence electrons. The van der Waals surface area contributed by atoms with Gasteiger partial charge in [-0.1, -0.05) is 6.08 Å². The zero-order valence-electron chi connectivity index (χ0n) is 6.22. The highest BCUT2D eigenvalue weighted by Crippen LogP contribution is 2.54. The molecule has 5 heteroatoms. The minimum atomic E-state index is -4.28. The zero-order valence-corrected chi connectivity index (χ0v) is 7.12. The maximum Gasteiger partial charge on any atom is 0.430 e. The quantitative estimate of drug-likeness (QED) is 0.637. The molecule has 12 heavy (non-hydrogen) atoms. The van der Waals surface area contributed by atoms with E-state index in [9.17, 15) is 18.0 Å². The third kappa shape index (κ3) is 1.72. The number of hydrogen-bond acceptors (Lipinski definition) is 1. The predicted octanol–water partition coefficient (Wildman–Crippen LogP) is 2.51. The Morgan fingerprint density at radius 2 is 2.08 bits per heavy atom. The number of rotatable bonds is 1. The van der Waals surface area contributed by atoms with Gasteiger partial charge in [-0.2, -0.15) is 13.2 Å². The van der Waals surface area contributed by atoms with Gasteiger partial charge in [-0.3, -0.25) is 4.79 Å². The topological polar surface area (TPSA) is 17.1 Å². The largest absolute Gasteiger partial charge is 0.430 e. The van der Waals surface area contributed by atoms with E-state index in [1.165, 1.54) is 12.2 Å². The predicted molar refractivity (Wildman–Crippen MR) is 42.9 cm³/mol. The summed E-state index contributed by atoms with van der Waals surface area (Å²) < 4.78 is 36.5. The molecular formula is C7H7F3OS. The molecule has 1 aliphatic rings. The molecule has 0 saturated carbocycles. The first-order chi connectivity index (χ1) is 5.43. The van der Waals surface area contributed by atoms with Crippen LogP contribution in [-0.4, -0.2) is 11.3 Å². The molecule has 1 aliphatic heterocycles. The van der Waals surface area contributed by atoms with Gasteiger partial charge in [0.25, 0.3) is 0 Å². The fourth-order valence-corrected chi connectivity index (χ4v) is 2.34. The first-order valence-electron chi connectivity index (χ1n) is 3.18. The Bertz CT molecular complexity index is 264. The van der Waals surface area contributed by atoms with Crippen molar-refractivity contribution in [3.63, 3.8) is 0 Å². The van der Waals surface area contributed by atoms with Gasteiger partial charge in [0.15, 0.2) is 5.78 Å². The lowest BCUT2D eigenvalue weighted by Crippen LogP contribution is -2.10. The van der Waals surface area contributed by atoms with Gasteiger partial charge in [-0.05, 0) is 18.4 Å². The number of ketones is 1. The van der Waals surface area contributed by atoms with E-state index in [4.69, 9.17) is 0 Å².